The van der Waals surface area contributed by atoms with Crippen LogP contribution in [0.25, 0.3) is 5.69 Å². The smallest absolute Gasteiger partial charge is 0.416 e. The molecule has 0 saturated carbocycles. The van der Waals surface area contributed by atoms with Crippen molar-refractivity contribution in [2.45, 2.75) is 6.18 Å². The lowest BCUT2D eigenvalue weighted by molar-refractivity contribution is -0.137. The number of methoxy groups -OCH3 is 1. The van der Waals surface area contributed by atoms with Crippen LogP contribution >= 0.6 is 11.6 Å². The maximum absolute atomic E-state index is 12.8. The summed E-state index contributed by atoms with van der Waals surface area (Å²) in [4.78, 5) is 26.2. The molecule has 1 heterocycles. The van der Waals surface area contributed by atoms with Gasteiger partial charge in [-0.05, 0) is 42.5 Å². The Kier molecular flexibility index (Phi) is 7.67. The third kappa shape index (κ3) is 5.98. The average Bonchev–Trinajstić information content (AvgIpc) is 2.80. The fourth-order valence-electron chi connectivity index (χ4n) is 2.92. The van der Waals surface area contributed by atoms with Gasteiger partial charge in [0.2, 0.25) is 0 Å². The van der Waals surface area contributed by atoms with Crippen molar-refractivity contribution < 1.29 is 27.4 Å². The molecule has 34 heavy (non-hydrogen) atoms. The number of benzene rings is 2. The Morgan fingerprint density at radius 1 is 1.21 bits per heavy atom. The van der Waals surface area contributed by atoms with Gasteiger partial charge in [0.15, 0.2) is 0 Å². The molecular formula is C22H20ClF3N4O4. The summed E-state index contributed by atoms with van der Waals surface area (Å²) in [6.07, 6.45) is -4.05. The van der Waals surface area contributed by atoms with Crippen LogP contribution in [0.5, 0.6) is 5.75 Å². The normalized spacial score (nSPS) is 11.1. The average molecular weight is 497 g/mol. The lowest BCUT2D eigenvalue weighted by Gasteiger charge is -2.20. The van der Waals surface area contributed by atoms with Crippen LogP contribution in [0.15, 0.2) is 59.5 Å². The number of nitrogens with zero attached hydrogens (tertiary/aromatic N) is 3. The van der Waals surface area contributed by atoms with Crippen molar-refractivity contribution in [3.63, 3.8) is 0 Å². The molecule has 8 nitrogen and oxygen atoms in total. The third-order valence-electron chi connectivity index (χ3n) is 4.72. The van der Waals surface area contributed by atoms with Crippen LogP contribution in [-0.2, 0) is 10.9 Å². The fourth-order valence-corrected chi connectivity index (χ4v) is 3.19. The number of ether oxygens (including phenoxy) is 2. The van der Waals surface area contributed by atoms with Gasteiger partial charge < -0.3 is 14.4 Å². The zero-order valence-corrected chi connectivity index (χ0v) is 18.9. The van der Waals surface area contributed by atoms with E-state index in [0.717, 1.165) is 16.8 Å². The number of alkyl halides is 3. The zero-order valence-electron chi connectivity index (χ0n) is 18.1. The summed E-state index contributed by atoms with van der Waals surface area (Å²) in [7, 11) is 3.15. The van der Waals surface area contributed by atoms with E-state index in [-0.39, 0.29) is 23.9 Å². The Balaban J connectivity index is 1.59. The van der Waals surface area contributed by atoms with Crippen molar-refractivity contribution >= 4 is 29.1 Å². The van der Waals surface area contributed by atoms with E-state index in [9.17, 15) is 22.8 Å². The predicted octanol–water partition coefficient (Wildman–Crippen LogP) is 4.60. The topological polar surface area (TPSA) is 85.7 Å². The lowest BCUT2D eigenvalue weighted by Crippen LogP contribution is -2.29. The highest BCUT2D eigenvalue weighted by Gasteiger charge is 2.30. The third-order valence-corrected chi connectivity index (χ3v) is 5.08. The van der Waals surface area contributed by atoms with E-state index >= 15 is 0 Å². The van der Waals surface area contributed by atoms with Gasteiger partial charge in [-0.3, -0.25) is 10.1 Å². The van der Waals surface area contributed by atoms with Crippen LogP contribution in [0.4, 0.5) is 29.3 Å². The fraction of sp³-hybridized carbons (Fsp3) is 0.227. The molecule has 1 amide bonds. The number of halogens is 4. The minimum Gasteiger partial charge on any atom is -0.497 e. The van der Waals surface area contributed by atoms with Gasteiger partial charge in [-0.1, -0.05) is 17.7 Å². The molecule has 12 heteroatoms. The summed E-state index contributed by atoms with van der Waals surface area (Å²) in [6.45, 7) is 0.0165. The number of hydrogen-bond donors (Lipinski definition) is 1. The van der Waals surface area contributed by atoms with E-state index in [0.29, 0.717) is 17.1 Å². The Bertz CT molecular complexity index is 1220. The van der Waals surface area contributed by atoms with E-state index in [1.54, 1.807) is 36.2 Å². The van der Waals surface area contributed by atoms with Gasteiger partial charge in [0.1, 0.15) is 17.4 Å². The maximum atomic E-state index is 12.8. The molecule has 2 aromatic carbocycles. The van der Waals surface area contributed by atoms with Crippen LogP contribution in [0.1, 0.15) is 5.56 Å². The van der Waals surface area contributed by atoms with Crippen LogP contribution in [0.2, 0.25) is 5.02 Å². The van der Waals surface area contributed by atoms with Crippen molar-refractivity contribution in [1.29, 1.82) is 0 Å². The van der Waals surface area contributed by atoms with Gasteiger partial charge in [0.25, 0.3) is 5.56 Å². The number of carbonyl (C=O) groups is 1. The standard InChI is InChI=1S/C22H20ClF3N4O4/c1-29(10-11-34-21(32)28-15-5-3-4-14(12-15)22(24,25)26)18-13-27-30(20(31)19(18)23)16-6-8-17(33-2)9-7-16/h3-9,12-13H,10-11H2,1-2H3,(H,28,32). The van der Waals surface area contributed by atoms with Crippen molar-refractivity contribution in [2.24, 2.45) is 0 Å². The van der Waals surface area contributed by atoms with Gasteiger partial charge in [-0.25, -0.2) is 4.79 Å². The Labute approximate surface area is 197 Å². The molecule has 0 fully saturated rings. The van der Waals surface area contributed by atoms with Crippen LogP contribution in [-0.4, -0.2) is 43.2 Å². The number of hydrogen-bond acceptors (Lipinski definition) is 6. The van der Waals surface area contributed by atoms with E-state index in [2.05, 4.69) is 10.4 Å². The largest absolute Gasteiger partial charge is 0.497 e. The van der Waals surface area contributed by atoms with Gasteiger partial charge in [0.05, 0.1) is 36.8 Å². The molecule has 180 valence electrons. The molecule has 0 unspecified atom stereocenters. The molecule has 3 rings (SSSR count). The first-order valence-corrected chi connectivity index (χ1v) is 10.2. The molecule has 0 spiro atoms. The van der Waals surface area contributed by atoms with Crippen molar-refractivity contribution in [3.05, 3.63) is 75.7 Å². The summed E-state index contributed by atoms with van der Waals surface area (Å²) in [5, 5.41) is 6.30. The van der Waals surface area contributed by atoms with E-state index in [1.165, 1.54) is 25.4 Å². The number of rotatable bonds is 7. The molecule has 0 aliphatic rings. The molecule has 0 aliphatic heterocycles. The molecule has 1 N–H and O–H groups in total. The van der Waals surface area contributed by atoms with Crippen molar-refractivity contribution in [1.82, 2.24) is 9.78 Å². The van der Waals surface area contributed by atoms with Crippen LogP contribution < -0.4 is 20.5 Å². The number of amides is 1. The summed E-state index contributed by atoms with van der Waals surface area (Å²) in [6, 6.07) is 10.9. The molecular weight excluding hydrogens is 477 g/mol. The van der Waals surface area contributed by atoms with Crippen molar-refractivity contribution in [2.75, 3.05) is 37.5 Å². The van der Waals surface area contributed by atoms with Gasteiger partial charge in [-0.2, -0.15) is 23.0 Å². The molecule has 0 radical (unpaired) electrons. The maximum Gasteiger partial charge on any atom is 0.416 e. The van der Waals surface area contributed by atoms with Crippen molar-refractivity contribution in [3.8, 4) is 11.4 Å². The van der Waals surface area contributed by atoms with Gasteiger partial charge in [-0.15, -0.1) is 0 Å². The Morgan fingerprint density at radius 3 is 2.56 bits per heavy atom. The highest BCUT2D eigenvalue weighted by molar-refractivity contribution is 6.33. The Hall–Kier alpha value is -3.73. The molecule has 0 aliphatic carbocycles. The molecule has 1 aromatic heterocycles. The Morgan fingerprint density at radius 2 is 1.91 bits per heavy atom. The lowest BCUT2D eigenvalue weighted by atomic mass is 10.2. The molecule has 0 saturated heterocycles. The summed E-state index contributed by atoms with van der Waals surface area (Å²) in [5.41, 5.74) is -0.673. The highest BCUT2D eigenvalue weighted by Crippen LogP contribution is 2.30. The first-order valence-electron chi connectivity index (χ1n) is 9.84. The van der Waals surface area contributed by atoms with Crippen LogP contribution in [0, 0.1) is 0 Å². The number of nitrogens with one attached hydrogen (secondary N) is 1. The van der Waals surface area contributed by atoms with Gasteiger partial charge >= 0.3 is 12.3 Å². The minimum atomic E-state index is -4.53. The number of carbonyl (C=O) groups excluding carboxylic acids is 1. The quantitative estimate of drug-likeness (QED) is 0.514. The minimum absolute atomic E-state index is 0.0532. The number of likely N-dealkylation sites (N-methyl/N-ethyl adjacent to an activating group) is 1. The van der Waals surface area contributed by atoms with Crippen LogP contribution in [0.3, 0.4) is 0 Å². The monoisotopic (exact) mass is 496 g/mol. The van der Waals surface area contributed by atoms with E-state index in [1.807, 2.05) is 0 Å². The molecule has 0 atom stereocenters. The SMILES string of the molecule is COc1ccc(-n2ncc(N(C)CCOC(=O)Nc3cccc(C(F)(F)F)c3)c(Cl)c2=O)cc1. The highest BCUT2D eigenvalue weighted by atomic mass is 35.5. The predicted molar refractivity (Wildman–Crippen MR) is 121 cm³/mol. The second-order valence-corrected chi connectivity index (χ2v) is 7.40. The summed E-state index contributed by atoms with van der Waals surface area (Å²) < 4.78 is 49.6. The zero-order chi connectivity index (χ0) is 24.9. The summed E-state index contributed by atoms with van der Waals surface area (Å²) in [5.74, 6) is 0.622. The second kappa shape index (κ2) is 10.5. The first-order chi connectivity index (χ1) is 16.1. The second-order valence-electron chi connectivity index (χ2n) is 7.02. The molecule has 3 aromatic rings. The van der Waals surface area contributed by atoms with E-state index in [4.69, 9.17) is 21.1 Å². The first kappa shape index (κ1) is 24.9. The molecule has 0 bridgehead atoms. The number of aromatic nitrogens is 2. The van der Waals surface area contributed by atoms with Gasteiger partial charge in [0, 0.05) is 12.7 Å². The number of anilines is 2. The summed E-state index contributed by atoms with van der Waals surface area (Å²) >= 11 is 6.25. The van der Waals surface area contributed by atoms with E-state index < -0.39 is 23.4 Å².